The van der Waals surface area contributed by atoms with Crippen molar-refractivity contribution in [2.45, 2.75) is 65.6 Å². The smallest absolute Gasteiger partial charge is 0.410 e. The van der Waals surface area contributed by atoms with Crippen LogP contribution in [0, 0.1) is 0 Å². The Bertz CT molecular complexity index is 341. The first-order valence-corrected chi connectivity index (χ1v) is 7.25. The molecule has 1 amide bonds. The topological polar surface area (TPSA) is 76.1 Å². The molecule has 0 rings (SSSR count). The number of aliphatic hydroxyl groups is 1. The molecular formula is C15H29NO5. The van der Waals surface area contributed by atoms with E-state index in [2.05, 4.69) is 0 Å². The molecule has 0 saturated heterocycles. The van der Waals surface area contributed by atoms with E-state index in [1.807, 2.05) is 20.8 Å². The average molecular weight is 303 g/mol. The summed E-state index contributed by atoms with van der Waals surface area (Å²) in [7, 11) is 0. The van der Waals surface area contributed by atoms with Gasteiger partial charge in [0.05, 0.1) is 6.61 Å². The van der Waals surface area contributed by atoms with Gasteiger partial charge in [-0.05, 0) is 48.0 Å². The van der Waals surface area contributed by atoms with Gasteiger partial charge in [0.2, 0.25) is 0 Å². The monoisotopic (exact) mass is 303 g/mol. The number of carbonyl (C=O) groups excluding carboxylic acids is 2. The third kappa shape index (κ3) is 11.1. The Morgan fingerprint density at radius 1 is 0.952 bits per heavy atom. The van der Waals surface area contributed by atoms with Gasteiger partial charge in [-0.3, -0.25) is 4.79 Å². The summed E-state index contributed by atoms with van der Waals surface area (Å²) in [5, 5.41) is 9.00. The highest BCUT2D eigenvalue weighted by Crippen LogP contribution is 2.12. The van der Waals surface area contributed by atoms with Crippen LogP contribution in [0.2, 0.25) is 0 Å². The van der Waals surface area contributed by atoms with E-state index in [0.717, 1.165) is 0 Å². The first-order valence-electron chi connectivity index (χ1n) is 7.25. The van der Waals surface area contributed by atoms with Crippen LogP contribution < -0.4 is 0 Å². The molecule has 0 heterocycles. The highest BCUT2D eigenvalue weighted by Gasteiger charge is 2.22. The molecular weight excluding hydrogens is 274 g/mol. The second-order valence-electron chi connectivity index (χ2n) is 6.88. The number of nitrogens with zero attached hydrogens (tertiary/aromatic N) is 1. The van der Waals surface area contributed by atoms with Crippen molar-refractivity contribution in [2.24, 2.45) is 0 Å². The number of rotatable bonds is 6. The van der Waals surface area contributed by atoms with Gasteiger partial charge in [-0.25, -0.2) is 4.79 Å². The molecule has 0 radical (unpaired) electrons. The Hall–Kier alpha value is -1.30. The molecule has 0 atom stereocenters. The van der Waals surface area contributed by atoms with Crippen molar-refractivity contribution >= 4 is 12.1 Å². The predicted octanol–water partition coefficient (Wildman–Crippen LogP) is 2.34. The summed E-state index contributed by atoms with van der Waals surface area (Å²) in [5.41, 5.74) is -1.09. The minimum absolute atomic E-state index is 0.147. The third-order valence-corrected chi connectivity index (χ3v) is 2.25. The number of hydrogen-bond acceptors (Lipinski definition) is 5. The minimum Gasteiger partial charge on any atom is -0.460 e. The molecule has 0 aromatic carbocycles. The molecule has 0 aromatic heterocycles. The fraction of sp³-hybridized carbons (Fsp3) is 0.867. The summed E-state index contributed by atoms with van der Waals surface area (Å²) in [6.45, 7) is 11.1. The first kappa shape index (κ1) is 19.7. The van der Waals surface area contributed by atoms with E-state index in [1.165, 1.54) is 4.90 Å². The van der Waals surface area contributed by atoms with Gasteiger partial charge >= 0.3 is 12.1 Å². The average Bonchev–Trinajstić information content (AvgIpc) is 2.22. The number of aliphatic hydroxyl groups excluding tert-OH is 1. The lowest BCUT2D eigenvalue weighted by molar-refractivity contribution is -0.155. The van der Waals surface area contributed by atoms with Crippen molar-refractivity contribution in [3.05, 3.63) is 0 Å². The standard InChI is InChI=1S/C15H29NO5/c1-14(2,3)20-12(18)8-7-9-16(10-11-17)13(19)21-15(4,5)6/h17H,7-11H2,1-6H3. The fourth-order valence-electron chi connectivity index (χ4n) is 1.55. The second kappa shape index (κ2) is 8.22. The molecule has 0 aromatic rings. The van der Waals surface area contributed by atoms with Crippen LogP contribution >= 0.6 is 0 Å². The van der Waals surface area contributed by atoms with E-state index in [4.69, 9.17) is 14.6 Å². The van der Waals surface area contributed by atoms with Gasteiger partial charge in [-0.2, -0.15) is 0 Å². The summed E-state index contributed by atoms with van der Waals surface area (Å²) in [5.74, 6) is -0.296. The second-order valence-corrected chi connectivity index (χ2v) is 6.88. The number of esters is 1. The largest absolute Gasteiger partial charge is 0.460 e. The number of carbonyl (C=O) groups is 2. The Labute approximate surface area is 127 Å². The van der Waals surface area contributed by atoms with Gasteiger partial charge in [-0.1, -0.05) is 0 Å². The quantitative estimate of drug-likeness (QED) is 0.762. The van der Waals surface area contributed by atoms with Gasteiger partial charge in [-0.15, -0.1) is 0 Å². The normalized spacial score (nSPS) is 12.0. The number of ether oxygens (including phenoxy) is 2. The highest BCUT2D eigenvalue weighted by atomic mass is 16.6. The minimum atomic E-state index is -0.587. The maximum atomic E-state index is 11.9. The molecule has 6 heteroatoms. The molecule has 0 aliphatic carbocycles. The van der Waals surface area contributed by atoms with Crippen LogP contribution in [0.15, 0.2) is 0 Å². The van der Waals surface area contributed by atoms with Crippen LogP contribution in [0.1, 0.15) is 54.4 Å². The summed E-state index contributed by atoms with van der Waals surface area (Å²) < 4.78 is 10.4. The van der Waals surface area contributed by atoms with E-state index >= 15 is 0 Å². The van der Waals surface area contributed by atoms with Crippen molar-refractivity contribution in [2.75, 3.05) is 19.7 Å². The number of hydrogen-bond donors (Lipinski definition) is 1. The van der Waals surface area contributed by atoms with E-state index in [-0.39, 0.29) is 25.5 Å². The van der Waals surface area contributed by atoms with Crippen molar-refractivity contribution in [3.63, 3.8) is 0 Å². The van der Waals surface area contributed by atoms with Crippen LogP contribution in [-0.4, -0.2) is 53.0 Å². The zero-order valence-electron chi connectivity index (χ0n) is 14.1. The molecule has 0 aliphatic heterocycles. The van der Waals surface area contributed by atoms with Crippen LogP contribution in [0.5, 0.6) is 0 Å². The summed E-state index contributed by atoms with van der Waals surface area (Å²) in [6.07, 6.45) is 0.205. The summed E-state index contributed by atoms with van der Waals surface area (Å²) >= 11 is 0. The van der Waals surface area contributed by atoms with Crippen LogP contribution in [0.4, 0.5) is 4.79 Å². The molecule has 0 fully saturated rings. The maximum Gasteiger partial charge on any atom is 0.410 e. The van der Waals surface area contributed by atoms with Gasteiger partial charge < -0.3 is 19.5 Å². The molecule has 124 valence electrons. The maximum absolute atomic E-state index is 11.9. The summed E-state index contributed by atoms with van der Waals surface area (Å²) in [6, 6.07) is 0. The molecule has 0 spiro atoms. The van der Waals surface area contributed by atoms with E-state index in [1.54, 1.807) is 20.8 Å². The Balaban J connectivity index is 4.28. The van der Waals surface area contributed by atoms with Crippen molar-refractivity contribution in [1.29, 1.82) is 0 Å². The molecule has 6 nitrogen and oxygen atoms in total. The van der Waals surface area contributed by atoms with Gasteiger partial charge in [0.1, 0.15) is 11.2 Å². The fourth-order valence-corrected chi connectivity index (χ4v) is 1.55. The SMILES string of the molecule is CC(C)(C)OC(=O)CCCN(CCO)C(=O)OC(C)(C)C. The Morgan fingerprint density at radius 2 is 1.48 bits per heavy atom. The van der Waals surface area contributed by atoms with Gasteiger partial charge in [0.15, 0.2) is 0 Å². The lowest BCUT2D eigenvalue weighted by Crippen LogP contribution is -2.39. The lowest BCUT2D eigenvalue weighted by atomic mass is 10.2. The van der Waals surface area contributed by atoms with Crippen LogP contribution in [0.25, 0.3) is 0 Å². The Kier molecular flexibility index (Phi) is 7.71. The van der Waals surface area contributed by atoms with E-state index in [9.17, 15) is 9.59 Å². The zero-order chi connectivity index (χ0) is 16.7. The number of amides is 1. The van der Waals surface area contributed by atoms with Gasteiger partial charge in [0.25, 0.3) is 0 Å². The molecule has 0 saturated carbocycles. The molecule has 1 N–H and O–H groups in total. The van der Waals surface area contributed by atoms with Gasteiger partial charge in [0, 0.05) is 19.5 Å². The van der Waals surface area contributed by atoms with E-state index < -0.39 is 17.3 Å². The molecule has 0 unspecified atom stereocenters. The van der Waals surface area contributed by atoms with Crippen molar-refractivity contribution < 1.29 is 24.2 Å². The van der Waals surface area contributed by atoms with Crippen molar-refractivity contribution in [3.8, 4) is 0 Å². The Morgan fingerprint density at radius 3 is 1.90 bits per heavy atom. The highest BCUT2D eigenvalue weighted by molar-refractivity contribution is 5.70. The predicted molar refractivity (Wildman–Crippen MR) is 80.0 cm³/mol. The zero-order valence-corrected chi connectivity index (χ0v) is 14.1. The van der Waals surface area contributed by atoms with Crippen LogP contribution in [-0.2, 0) is 14.3 Å². The third-order valence-electron chi connectivity index (χ3n) is 2.25. The summed E-state index contributed by atoms with van der Waals surface area (Å²) in [4.78, 5) is 24.9. The first-order chi connectivity index (χ1) is 9.44. The molecule has 0 bridgehead atoms. The molecule has 0 aliphatic rings. The molecule has 21 heavy (non-hydrogen) atoms. The lowest BCUT2D eigenvalue weighted by Gasteiger charge is -2.27. The van der Waals surface area contributed by atoms with E-state index in [0.29, 0.717) is 13.0 Å². The van der Waals surface area contributed by atoms with Crippen LogP contribution in [0.3, 0.4) is 0 Å². The van der Waals surface area contributed by atoms with Crippen molar-refractivity contribution in [1.82, 2.24) is 4.90 Å².